The molecule has 0 spiro atoms. The number of halogens is 4. The number of aryl methyl sites for hydroxylation is 1. The topological polar surface area (TPSA) is 29.1 Å². The average molecular weight is 715 g/mol. The van der Waals surface area contributed by atoms with Crippen molar-refractivity contribution in [3.63, 3.8) is 0 Å². The van der Waals surface area contributed by atoms with Crippen molar-refractivity contribution in [3.05, 3.63) is 55.7 Å². The van der Waals surface area contributed by atoms with Crippen LogP contribution in [0.5, 0.6) is 0 Å². The molecule has 2 aromatic carbocycles. The van der Waals surface area contributed by atoms with Crippen LogP contribution in [-0.2, 0) is 0 Å². The van der Waals surface area contributed by atoms with Gasteiger partial charge in [0.05, 0.1) is 11.3 Å². The first-order valence-corrected chi connectivity index (χ1v) is 9.92. The number of amides is 1. The molecular weight excluding hydrogens is 706 g/mol. The highest BCUT2D eigenvalue weighted by molar-refractivity contribution is 14.1. The van der Waals surface area contributed by atoms with E-state index in [1.54, 1.807) is 0 Å². The first kappa shape index (κ1) is 17.2. The lowest BCUT2D eigenvalue weighted by molar-refractivity contribution is 0.102. The van der Waals surface area contributed by atoms with Crippen molar-refractivity contribution in [3.8, 4) is 0 Å². The molecule has 0 aliphatic carbocycles. The van der Waals surface area contributed by atoms with Crippen molar-refractivity contribution in [2.75, 3.05) is 5.32 Å². The van der Waals surface area contributed by atoms with E-state index in [-0.39, 0.29) is 5.91 Å². The van der Waals surface area contributed by atoms with Gasteiger partial charge in [0, 0.05) is 14.3 Å². The smallest absolute Gasteiger partial charge is 0.256 e. The fourth-order valence-corrected chi connectivity index (χ4v) is 6.12. The van der Waals surface area contributed by atoms with Gasteiger partial charge in [-0.25, -0.2) is 0 Å². The van der Waals surface area contributed by atoms with Crippen LogP contribution in [0, 0.1) is 21.2 Å². The molecule has 0 saturated carbocycles. The van der Waals surface area contributed by atoms with E-state index in [1.165, 1.54) is 3.57 Å². The minimum atomic E-state index is -0.0601. The molecule has 104 valence electrons. The summed E-state index contributed by atoms with van der Waals surface area (Å²) in [6.45, 7) is 2.01. The SMILES string of the molecule is Cc1cccc(C(=O)Nc2c(I)cc(I)cc2I)c1I. The van der Waals surface area contributed by atoms with Crippen LogP contribution in [0.4, 0.5) is 5.69 Å². The second kappa shape index (κ2) is 7.40. The normalized spacial score (nSPS) is 10.4. The molecule has 1 N–H and O–H groups in total. The largest absolute Gasteiger partial charge is 0.320 e. The molecule has 1 amide bonds. The molecule has 20 heavy (non-hydrogen) atoms. The molecule has 2 aromatic rings. The fraction of sp³-hybridized carbons (Fsp3) is 0.0714. The quantitative estimate of drug-likeness (QED) is 0.400. The third-order valence-corrected chi connectivity index (χ3v) is 6.44. The molecule has 0 aliphatic heterocycles. The predicted molar refractivity (Wildman–Crippen MR) is 116 cm³/mol. The summed E-state index contributed by atoms with van der Waals surface area (Å²) in [5, 5.41) is 3.03. The predicted octanol–water partition coefficient (Wildman–Crippen LogP) is 5.67. The lowest BCUT2D eigenvalue weighted by atomic mass is 10.1. The van der Waals surface area contributed by atoms with E-state index in [4.69, 9.17) is 0 Å². The Balaban J connectivity index is 2.36. The average Bonchev–Trinajstić information content (AvgIpc) is 2.36. The molecule has 2 rings (SSSR count). The van der Waals surface area contributed by atoms with Crippen molar-refractivity contribution in [2.45, 2.75) is 6.92 Å². The third kappa shape index (κ3) is 3.97. The Bertz CT molecular complexity index is 662. The van der Waals surface area contributed by atoms with Gasteiger partial charge < -0.3 is 5.32 Å². The first-order chi connectivity index (χ1) is 9.40. The summed E-state index contributed by atoms with van der Waals surface area (Å²) < 4.78 is 4.27. The number of carbonyl (C=O) groups excluding carboxylic acids is 1. The van der Waals surface area contributed by atoms with E-state index in [0.29, 0.717) is 0 Å². The zero-order valence-electron chi connectivity index (χ0n) is 10.3. The Kier molecular flexibility index (Phi) is 6.36. The lowest BCUT2D eigenvalue weighted by Crippen LogP contribution is -2.15. The van der Waals surface area contributed by atoms with E-state index in [1.807, 2.05) is 25.1 Å². The maximum Gasteiger partial charge on any atom is 0.256 e. The summed E-state index contributed by atoms with van der Waals surface area (Å²) in [6.07, 6.45) is 0. The van der Waals surface area contributed by atoms with Gasteiger partial charge in [-0.1, -0.05) is 12.1 Å². The Morgan fingerprint density at radius 3 is 2.25 bits per heavy atom. The van der Waals surface area contributed by atoms with Crippen LogP contribution in [0.1, 0.15) is 15.9 Å². The highest BCUT2D eigenvalue weighted by Gasteiger charge is 2.15. The van der Waals surface area contributed by atoms with Crippen LogP contribution in [-0.4, -0.2) is 5.91 Å². The standard InChI is InChI=1S/C14H9I4NO/c1-7-3-2-4-9(12(7)18)14(20)19-13-10(16)5-8(15)6-11(13)17/h2-6H,1H3,(H,19,20). The van der Waals surface area contributed by atoms with Gasteiger partial charge in [0.15, 0.2) is 0 Å². The Hall–Kier alpha value is 0.830. The second-order valence-electron chi connectivity index (χ2n) is 4.14. The molecule has 6 heteroatoms. The molecule has 0 saturated heterocycles. The van der Waals surface area contributed by atoms with Gasteiger partial charge in [0.2, 0.25) is 0 Å². The minimum absolute atomic E-state index is 0.0601. The van der Waals surface area contributed by atoms with Gasteiger partial charge in [-0.2, -0.15) is 0 Å². The summed E-state index contributed by atoms with van der Waals surface area (Å²) in [5.41, 5.74) is 2.72. The Morgan fingerprint density at radius 2 is 1.65 bits per heavy atom. The van der Waals surface area contributed by atoms with E-state index >= 15 is 0 Å². The maximum atomic E-state index is 12.5. The second-order valence-corrected chi connectivity index (χ2v) is 8.78. The van der Waals surface area contributed by atoms with Gasteiger partial charge >= 0.3 is 0 Å². The Labute approximate surface area is 172 Å². The number of nitrogens with one attached hydrogen (secondary N) is 1. The van der Waals surface area contributed by atoms with Gasteiger partial charge in [0.1, 0.15) is 0 Å². The lowest BCUT2D eigenvalue weighted by Gasteiger charge is -2.12. The molecule has 0 aliphatic rings. The van der Waals surface area contributed by atoms with Gasteiger partial charge in [-0.15, -0.1) is 0 Å². The van der Waals surface area contributed by atoms with Crippen molar-refractivity contribution in [1.82, 2.24) is 0 Å². The fourth-order valence-electron chi connectivity index (χ4n) is 1.67. The van der Waals surface area contributed by atoms with Gasteiger partial charge in [-0.05, 0) is 121 Å². The van der Waals surface area contributed by atoms with Crippen molar-refractivity contribution in [2.24, 2.45) is 0 Å². The molecule has 0 aromatic heterocycles. The van der Waals surface area contributed by atoms with Crippen molar-refractivity contribution >= 4 is 102 Å². The number of rotatable bonds is 2. The number of hydrogen-bond acceptors (Lipinski definition) is 1. The monoisotopic (exact) mass is 715 g/mol. The highest BCUT2D eigenvalue weighted by Crippen LogP contribution is 2.28. The van der Waals surface area contributed by atoms with E-state index in [2.05, 4.69) is 108 Å². The van der Waals surface area contributed by atoms with Gasteiger partial charge in [0.25, 0.3) is 5.91 Å². The highest BCUT2D eigenvalue weighted by atomic mass is 127. The number of anilines is 1. The molecule has 0 bridgehead atoms. The zero-order chi connectivity index (χ0) is 14.9. The minimum Gasteiger partial charge on any atom is -0.320 e. The Morgan fingerprint density at radius 1 is 1.05 bits per heavy atom. The molecule has 0 unspecified atom stereocenters. The third-order valence-electron chi connectivity index (χ3n) is 2.68. The molecular formula is C14H9I4NO. The molecule has 0 radical (unpaired) electrons. The van der Waals surface area contributed by atoms with Crippen molar-refractivity contribution < 1.29 is 4.79 Å². The number of hydrogen-bond donors (Lipinski definition) is 1. The van der Waals surface area contributed by atoms with Crippen LogP contribution in [0.3, 0.4) is 0 Å². The molecule has 0 atom stereocenters. The van der Waals surface area contributed by atoms with E-state index in [0.717, 1.165) is 27.5 Å². The summed E-state index contributed by atoms with van der Waals surface area (Å²) in [5.74, 6) is -0.0601. The van der Waals surface area contributed by atoms with Crippen LogP contribution in [0.25, 0.3) is 0 Å². The summed E-state index contributed by atoms with van der Waals surface area (Å²) in [6, 6.07) is 9.89. The van der Waals surface area contributed by atoms with Crippen LogP contribution < -0.4 is 5.32 Å². The van der Waals surface area contributed by atoms with Crippen LogP contribution in [0.2, 0.25) is 0 Å². The van der Waals surface area contributed by atoms with Crippen LogP contribution in [0.15, 0.2) is 30.3 Å². The summed E-state index contributed by atoms with van der Waals surface area (Å²) in [7, 11) is 0. The molecule has 0 fully saturated rings. The first-order valence-electron chi connectivity index (χ1n) is 5.61. The summed E-state index contributed by atoms with van der Waals surface area (Å²) >= 11 is 9.01. The van der Waals surface area contributed by atoms with Crippen LogP contribution >= 0.6 is 90.4 Å². The summed E-state index contributed by atoms with van der Waals surface area (Å²) in [4.78, 5) is 12.5. The van der Waals surface area contributed by atoms with E-state index in [9.17, 15) is 4.79 Å². The zero-order valence-corrected chi connectivity index (χ0v) is 18.9. The maximum absolute atomic E-state index is 12.5. The molecule has 2 nitrogen and oxygen atoms in total. The number of carbonyl (C=O) groups is 1. The number of benzene rings is 2. The van der Waals surface area contributed by atoms with Gasteiger partial charge in [-0.3, -0.25) is 4.79 Å². The molecule has 0 heterocycles. The van der Waals surface area contributed by atoms with E-state index < -0.39 is 0 Å². The van der Waals surface area contributed by atoms with Crippen molar-refractivity contribution in [1.29, 1.82) is 0 Å².